The van der Waals surface area contributed by atoms with Crippen molar-refractivity contribution in [2.45, 2.75) is 20.1 Å². The van der Waals surface area contributed by atoms with Gasteiger partial charge in [0.25, 0.3) is 0 Å². The van der Waals surface area contributed by atoms with E-state index >= 15 is 0 Å². The maximum absolute atomic E-state index is 5.67. The largest absolute Gasteiger partial charge is 0.375 e. The first kappa shape index (κ1) is 20.4. The van der Waals surface area contributed by atoms with Crippen LogP contribution in [0.25, 0.3) is 0 Å². The maximum atomic E-state index is 5.67. The summed E-state index contributed by atoms with van der Waals surface area (Å²) in [6.07, 6.45) is 0. The summed E-state index contributed by atoms with van der Waals surface area (Å²) >= 11 is 0. The second kappa shape index (κ2) is 12.8. The average Bonchev–Trinajstić information content (AvgIpc) is 2.61. The molecule has 0 aliphatic rings. The second-order valence-corrected chi connectivity index (χ2v) is 5.15. The number of hydrogen-bond donors (Lipinski definition) is 2. The molecule has 0 spiro atoms. The van der Waals surface area contributed by atoms with Crippen molar-refractivity contribution in [3.8, 4) is 0 Å². The van der Waals surface area contributed by atoms with Crippen molar-refractivity contribution in [3.63, 3.8) is 0 Å². The monoisotopic (exact) mass is 439 g/mol. The zero-order valence-electron chi connectivity index (χ0n) is 14.1. The lowest BCUT2D eigenvalue weighted by molar-refractivity contribution is 0.125. The standard InChI is InChI=1S/C19H25N3O.HI/c1-2-20-19(22-15-17-9-5-3-6-10-17)21-13-14-23-16-18-11-7-4-8-12-18;/h3-12H,2,13-16H2,1H3,(H2,20,21,22);1H. The van der Waals surface area contributed by atoms with Crippen LogP contribution in [-0.2, 0) is 17.9 Å². The van der Waals surface area contributed by atoms with E-state index in [1.165, 1.54) is 11.1 Å². The van der Waals surface area contributed by atoms with Crippen molar-refractivity contribution in [1.29, 1.82) is 0 Å². The van der Waals surface area contributed by atoms with Gasteiger partial charge in [-0.15, -0.1) is 24.0 Å². The summed E-state index contributed by atoms with van der Waals surface area (Å²) in [6, 6.07) is 20.4. The van der Waals surface area contributed by atoms with E-state index < -0.39 is 0 Å². The minimum atomic E-state index is 0. The molecule has 0 fully saturated rings. The molecule has 0 atom stereocenters. The smallest absolute Gasteiger partial charge is 0.191 e. The Morgan fingerprint density at radius 1 is 0.917 bits per heavy atom. The quantitative estimate of drug-likeness (QED) is 0.286. The van der Waals surface area contributed by atoms with Crippen LogP contribution in [-0.4, -0.2) is 25.7 Å². The number of guanidine groups is 1. The Hall–Kier alpha value is -1.60. The van der Waals surface area contributed by atoms with Crippen LogP contribution in [0, 0.1) is 0 Å². The number of aliphatic imine (C=N–C) groups is 1. The number of halogens is 1. The number of ether oxygens (including phenoxy) is 1. The van der Waals surface area contributed by atoms with E-state index in [1.807, 2.05) is 36.4 Å². The summed E-state index contributed by atoms with van der Waals surface area (Å²) in [5.41, 5.74) is 2.39. The van der Waals surface area contributed by atoms with Crippen molar-refractivity contribution in [3.05, 3.63) is 71.8 Å². The Morgan fingerprint density at radius 2 is 1.54 bits per heavy atom. The lowest BCUT2D eigenvalue weighted by atomic mass is 10.2. The van der Waals surface area contributed by atoms with Crippen molar-refractivity contribution in [2.24, 2.45) is 4.99 Å². The van der Waals surface area contributed by atoms with Gasteiger partial charge >= 0.3 is 0 Å². The summed E-state index contributed by atoms with van der Waals surface area (Å²) in [5, 5.41) is 6.54. The van der Waals surface area contributed by atoms with Gasteiger partial charge in [0, 0.05) is 13.1 Å². The number of nitrogens with one attached hydrogen (secondary N) is 2. The Labute approximate surface area is 161 Å². The molecule has 2 aromatic rings. The molecule has 0 aliphatic heterocycles. The Balaban J connectivity index is 0.00000288. The number of hydrogen-bond acceptors (Lipinski definition) is 2. The highest BCUT2D eigenvalue weighted by molar-refractivity contribution is 14.0. The maximum Gasteiger partial charge on any atom is 0.191 e. The summed E-state index contributed by atoms with van der Waals surface area (Å²) in [7, 11) is 0. The molecule has 0 heterocycles. The summed E-state index contributed by atoms with van der Waals surface area (Å²) < 4.78 is 5.67. The molecule has 0 saturated carbocycles. The van der Waals surface area contributed by atoms with Crippen LogP contribution in [0.1, 0.15) is 18.1 Å². The van der Waals surface area contributed by atoms with Gasteiger partial charge in [-0.1, -0.05) is 60.7 Å². The molecule has 24 heavy (non-hydrogen) atoms. The van der Waals surface area contributed by atoms with E-state index in [1.54, 1.807) is 0 Å². The zero-order chi connectivity index (χ0) is 16.2. The lowest BCUT2D eigenvalue weighted by Crippen LogP contribution is -2.38. The van der Waals surface area contributed by atoms with Gasteiger partial charge in [0.1, 0.15) is 0 Å². The molecular formula is C19H26IN3O. The van der Waals surface area contributed by atoms with E-state index in [0.717, 1.165) is 19.0 Å². The average molecular weight is 439 g/mol. The van der Waals surface area contributed by atoms with Gasteiger partial charge in [-0.3, -0.25) is 0 Å². The molecule has 0 aromatic heterocycles. The molecule has 0 aliphatic carbocycles. The molecule has 2 aromatic carbocycles. The van der Waals surface area contributed by atoms with Gasteiger partial charge in [-0.25, -0.2) is 4.99 Å². The Morgan fingerprint density at radius 3 is 2.17 bits per heavy atom. The van der Waals surface area contributed by atoms with Crippen molar-refractivity contribution >= 4 is 29.9 Å². The highest BCUT2D eigenvalue weighted by Gasteiger charge is 1.97. The van der Waals surface area contributed by atoms with Gasteiger partial charge in [-0.05, 0) is 18.1 Å². The third-order valence-corrected chi connectivity index (χ3v) is 3.26. The molecule has 4 nitrogen and oxygen atoms in total. The summed E-state index contributed by atoms with van der Waals surface area (Å²) in [5.74, 6) is 0.819. The molecule has 0 amide bonds. The summed E-state index contributed by atoms with van der Waals surface area (Å²) in [4.78, 5) is 4.58. The van der Waals surface area contributed by atoms with Crippen LogP contribution in [0.3, 0.4) is 0 Å². The van der Waals surface area contributed by atoms with Gasteiger partial charge < -0.3 is 15.4 Å². The van der Waals surface area contributed by atoms with Crippen molar-refractivity contribution in [2.75, 3.05) is 19.7 Å². The van der Waals surface area contributed by atoms with E-state index in [9.17, 15) is 0 Å². The first-order valence-corrected chi connectivity index (χ1v) is 8.06. The molecule has 0 radical (unpaired) electrons. The van der Waals surface area contributed by atoms with E-state index in [-0.39, 0.29) is 24.0 Å². The Bertz CT molecular complexity index is 576. The zero-order valence-corrected chi connectivity index (χ0v) is 16.4. The highest BCUT2D eigenvalue weighted by atomic mass is 127. The van der Waals surface area contributed by atoms with E-state index in [2.05, 4.69) is 46.8 Å². The van der Waals surface area contributed by atoms with E-state index in [4.69, 9.17) is 4.74 Å². The van der Waals surface area contributed by atoms with Crippen molar-refractivity contribution in [1.82, 2.24) is 10.6 Å². The first-order valence-electron chi connectivity index (χ1n) is 8.06. The lowest BCUT2D eigenvalue weighted by Gasteiger charge is -2.11. The fourth-order valence-corrected chi connectivity index (χ4v) is 2.10. The molecule has 0 saturated heterocycles. The number of benzene rings is 2. The number of rotatable bonds is 8. The number of nitrogens with zero attached hydrogens (tertiary/aromatic N) is 1. The minimum Gasteiger partial charge on any atom is -0.375 e. The molecule has 0 bridgehead atoms. The fraction of sp³-hybridized carbons (Fsp3) is 0.316. The molecule has 2 N–H and O–H groups in total. The van der Waals surface area contributed by atoms with Crippen LogP contribution in [0.5, 0.6) is 0 Å². The van der Waals surface area contributed by atoms with Gasteiger partial charge in [0.15, 0.2) is 5.96 Å². The van der Waals surface area contributed by atoms with Crippen molar-refractivity contribution < 1.29 is 4.74 Å². The van der Waals surface area contributed by atoms with Gasteiger partial charge in [0.2, 0.25) is 0 Å². The van der Waals surface area contributed by atoms with Crippen LogP contribution >= 0.6 is 24.0 Å². The minimum absolute atomic E-state index is 0. The molecule has 5 heteroatoms. The van der Waals surface area contributed by atoms with Crippen LogP contribution in [0.15, 0.2) is 65.7 Å². The third-order valence-electron chi connectivity index (χ3n) is 3.26. The predicted molar refractivity (Wildman–Crippen MR) is 111 cm³/mol. The van der Waals surface area contributed by atoms with Crippen LogP contribution in [0.4, 0.5) is 0 Å². The van der Waals surface area contributed by atoms with Crippen LogP contribution in [0.2, 0.25) is 0 Å². The predicted octanol–water partition coefficient (Wildman–Crippen LogP) is 3.58. The third kappa shape index (κ3) is 8.31. The Kier molecular flexibility index (Phi) is 10.9. The topological polar surface area (TPSA) is 45.7 Å². The van der Waals surface area contributed by atoms with Gasteiger partial charge in [0.05, 0.1) is 19.8 Å². The molecule has 130 valence electrons. The molecule has 2 rings (SSSR count). The highest BCUT2D eigenvalue weighted by Crippen LogP contribution is 2.00. The first-order chi connectivity index (χ1) is 11.4. The summed E-state index contributed by atoms with van der Waals surface area (Å²) in [6.45, 7) is 5.58. The second-order valence-electron chi connectivity index (χ2n) is 5.15. The van der Waals surface area contributed by atoms with Gasteiger partial charge in [-0.2, -0.15) is 0 Å². The molecular weight excluding hydrogens is 413 g/mol. The normalized spacial score (nSPS) is 10.8. The SMILES string of the molecule is CCNC(=NCc1ccccc1)NCCOCc1ccccc1.I. The molecule has 0 unspecified atom stereocenters. The fourth-order valence-electron chi connectivity index (χ4n) is 2.10. The van der Waals surface area contributed by atoms with E-state index in [0.29, 0.717) is 19.8 Å². The van der Waals surface area contributed by atoms with Crippen LogP contribution < -0.4 is 10.6 Å².